The summed E-state index contributed by atoms with van der Waals surface area (Å²) in [6.45, 7) is 4.55. The Bertz CT molecular complexity index is 500. The highest BCUT2D eigenvalue weighted by atomic mass is 35.5. The smallest absolute Gasteiger partial charge is 0.248 e. The predicted molar refractivity (Wildman–Crippen MR) is 91.9 cm³/mol. The summed E-state index contributed by atoms with van der Waals surface area (Å²) in [6, 6.07) is 6.75. The number of benzene rings is 1. The molecule has 0 spiro atoms. The molecule has 0 aliphatic carbocycles. The van der Waals surface area contributed by atoms with Gasteiger partial charge in [-0.3, -0.25) is 9.59 Å². The average Bonchev–Trinajstić information content (AvgIpc) is 2.46. The molecule has 1 aromatic carbocycles. The quantitative estimate of drug-likeness (QED) is 0.837. The third-order valence-corrected chi connectivity index (χ3v) is 3.50. The SMILES string of the molecule is CC(N)C(=O)N1CCN(c2ccc(C(N)=O)cc2)CC1.Cl.Cl. The Labute approximate surface area is 142 Å². The third kappa shape index (κ3) is 4.76. The molecule has 4 N–H and O–H groups in total. The summed E-state index contributed by atoms with van der Waals surface area (Å²) < 4.78 is 0. The molecule has 124 valence electrons. The number of nitrogens with zero attached hydrogens (tertiary/aromatic N) is 2. The Morgan fingerprint density at radius 2 is 1.55 bits per heavy atom. The monoisotopic (exact) mass is 348 g/mol. The van der Waals surface area contributed by atoms with Gasteiger partial charge in [0, 0.05) is 37.4 Å². The summed E-state index contributed by atoms with van der Waals surface area (Å²) in [5.41, 5.74) is 12.4. The van der Waals surface area contributed by atoms with Crippen molar-refractivity contribution in [2.45, 2.75) is 13.0 Å². The van der Waals surface area contributed by atoms with Gasteiger partial charge in [-0.2, -0.15) is 0 Å². The molecule has 1 unspecified atom stereocenters. The topological polar surface area (TPSA) is 92.7 Å². The van der Waals surface area contributed by atoms with E-state index in [0.717, 1.165) is 18.8 Å². The van der Waals surface area contributed by atoms with Gasteiger partial charge in [0.1, 0.15) is 0 Å². The fraction of sp³-hybridized carbons (Fsp3) is 0.429. The molecule has 1 fully saturated rings. The van der Waals surface area contributed by atoms with Crippen LogP contribution in [0.25, 0.3) is 0 Å². The zero-order valence-corrected chi connectivity index (χ0v) is 14.0. The van der Waals surface area contributed by atoms with Crippen molar-refractivity contribution in [3.05, 3.63) is 29.8 Å². The molecule has 2 rings (SSSR count). The van der Waals surface area contributed by atoms with Gasteiger partial charge in [-0.25, -0.2) is 0 Å². The van der Waals surface area contributed by atoms with Crippen molar-refractivity contribution >= 4 is 42.3 Å². The van der Waals surface area contributed by atoms with Gasteiger partial charge in [-0.1, -0.05) is 0 Å². The number of primary amides is 1. The van der Waals surface area contributed by atoms with E-state index in [1.165, 1.54) is 0 Å². The first kappa shape index (κ1) is 20.5. The van der Waals surface area contributed by atoms with Gasteiger partial charge in [-0.05, 0) is 31.2 Å². The highest BCUT2D eigenvalue weighted by Crippen LogP contribution is 2.17. The molecule has 22 heavy (non-hydrogen) atoms. The molecular weight excluding hydrogens is 327 g/mol. The normalized spacial score (nSPS) is 15.4. The van der Waals surface area contributed by atoms with Crippen LogP contribution < -0.4 is 16.4 Å². The Hall–Kier alpha value is -1.50. The van der Waals surface area contributed by atoms with Crippen LogP contribution in [-0.4, -0.2) is 48.9 Å². The van der Waals surface area contributed by atoms with Crippen LogP contribution in [0.4, 0.5) is 5.69 Å². The average molecular weight is 349 g/mol. The Morgan fingerprint density at radius 1 is 1.05 bits per heavy atom. The number of carbonyl (C=O) groups is 2. The first-order valence-electron chi connectivity index (χ1n) is 6.68. The molecule has 1 aromatic rings. The first-order chi connectivity index (χ1) is 9.49. The number of carbonyl (C=O) groups excluding carboxylic acids is 2. The number of hydrogen-bond acceptors (Lipinski definition) is 4. The Morgan fingerprint density at radius 3 is 1.95 bits per heavy atom. The van der Waals surface area contributed by atoms with E-state index in [-0.39, 0.29) is 30.7 Å². The zero-order valence-electron chi connectivity index (χ0n) is 12.4. The van der Waals surface area contributed by atoms with Crippen LogP contribution in [0, 0.1) is 0 Å². The van der Waals surface area contributed by atoms with Crippen molar-refractivity contribution in [2.75, 3.05) is 31.1 Å². The van der Waals surface area contributed by atoms with E-state index in [1.807, 2.05) is 12.1 Å². The molecule has 2 amide bonds. The maximum atomic E-state index is 11.8. The minimum Gasteiger partial charge on any atom is -0.368 e. The minimum atomic E-state index is -0.448. The van der Waals surface area contributed by atoms with Crippen LogP contribution in [0.5, 0.6) is 0 Å². The fourth-order valence-corrected chi connectivity index (χ4v) is 2.31. The fourth-order valence-electron chi connectivity index (χ4n) is 2.31. The molecule has 1 atom stereocenters. The molecule has 8 heteroatoms. The van der Waals surface area contributed by atoms with Crippen molar-refractivity contribution < 1.29 is 9.59 Å². The Balaban J connectivity index is 0.00000220. The van der Waals surface area contributed by atoms with Gasteiger partial charge in [0.05, 0.1) is 6.04 Å². The van der Waals surface area contributed by atoms with E-state index in [1.54, 1.807) is 24.0 Å². The second-order valence-corrected chi connectivity index (χ2v) is 5.01. The van der Waals surface area contributed by atoms with Crippen LogP contribution in [0.3, 0.4) is 0 Å². The lowest BCUT2D eigenvalue weighted by Gasteiger charge is -2.36. The van der Waals surface area contributed by atoms with E-state index in [0.29, 0.717) is 18.7 Å². The lowest BCUT2D eigenvalue weighted by Crippen LogP contribution is -2.52. The van der Waals surface area contributed by atoms with Gasteiger partial charge < -0.3 is 21.3 Å². The molecule has 1 aliphatic heterocycles. The van der Waals surface area contributed by atoms with E-state index < -0.39 is 11.9 Å². The molecule has 0 aromatic heterocycles. The molecule has 1 saturated heterocycles. The number of amides is 2. The number of piperazine rings is 1. The molecule has 1 heterocycles. The van der Waals surface area contributed by atoms with E-state index in [4.69, 9.17) is 11.5 Å². The van der Waals surface area contributed by atoms with Crippen LogP contribution in [0.2, 0.25) is 0 Å². The standard InChI is InChI=1S/C14H20N4O2.2ClH/c1-10(15)14(20)18-8-6-17(7-9-18)12-4-2-11(3-5-12)13(16)19;;/h2-5,10H,6-9,15H2,1H3,(H2,16,19);2*1H. The minimum absolute atomic E-state index is 0. The first-order valence-corrected chi connectivity index (χ1v) is 6.68. The van der Waals surface area contributed by atoms with Crippen molar-refractivity contribution in [3.8, 4) is 0 Å². The van der Waals surface area contributed by atoms with Crippen molar-refractivity contribution in [1.82, 2.24) is 4.90 Å². The number of halogens is 2. The lowest BCUT2D eigenvalue weighted by atomic mass is 10.1. The summed E-state index contributed by atoms with van der Waals surface area (Å²) in [6.07, 6.45) is 0. The third-order valence-electron chi connectivity index (χ3n) is 3.50. The van der Waals surface area contributed by atoms with Gasteiger partial charge in [-0.15, -0.1) is 24.8 Å². The van der Waals surface area contributed by atoms with Gasteiger partial charge >= 0.3 is 0 Å². The largest absolute Gasteiger partial charge is 0.368 e. The second-order valence-electron chi connectivity index (χ2n) is 5.01. The van der Waals surface area contributed by atoms with Crippen LogP contribution >= 0.6 is 24.8 Å². The highest BCUT2D eigenvalue weighted by Gasteiger charge is 2.23. The maximum absolute atomic E-state index is 11.8. The number of hydrogen-bond donors (Lipinski definition) is 2. The summed E-state index contributed by atoms with van der Waals surface area (Å²) in [5.74, 6) is -0.433. The number of nitrogens with two attached hydrogens (primary N) is 2. The predicted octanol–water partition coefficient (Wildman–Crippen LogP) is 0.625. The van der Waals surface area contributed by atoms with E-state index in [2.05, 4.69) is 4.90 Å². The molecule has 1 aliphatic rings. The summed E-state index contributed by atoms with van der Waals surface area (Å²) in [4.78, 5) is 26.8. The highest BCUT2D eigenvalue weighted by molar-refractivity contribution is 5.93. The van der Waals surface area contributed by atoms with Crippen molar-refractivity contribution in [2.24, 2.45) is 11.5 Å². The van der Waals surface area contributed by atoms with Gasteiger partial charge in [0.25, 0.3) is 0 Å². The van der Waals surface area contributed by atoms with Gasteiger partial charge in [0.15, 0.2) is 0 Å². The number of rotatable bonds is 3. The molecular formula is C14H22Cl2N4O2. The molecule has 0 saturated carbocycles. The van der Waals surface area contributed by atoms with Crippen LogP contribution in [0.1, 0.15) is 17.3 Å². The maximum Gasteiger partial charge on any atom is 0.248 e. The van der Waals surface area contributed by atoms with E-state index in [9.17, 15) is 9.59 Å². The van der Waals surface area contributed by atoms with E-state index >= 15 is 0 Å². The summed E-state index contributed by atoms with van der Waals surface area (Å²) in [5, 5.41) is 0. The molecule has 0 radical (unpaired) electrons. The van der Waals surface area contributed by atoms with Crippen molar-refractivity contribution in [1.29, 1.82) is 0 Å². The van der Waals surface area contributed by atoms with Gasteiger partial charge in [0.2, 0.25) is 11.8 Å². The lowest BCUT2D eigenvalue weighted by molar-refractivity contribution is -0.132. The second kappa shape index (κ2) is 8.82. The van der Waals surface area contributed by atoms with Crippen LogP contribution in [-0.2, 0) is 4.79 Å². The summed E-state index contributed by atoms with van der Waals surface area (Å²) in [7, 11) is 0. The molecule has 6 nitrogen and oxygen atoms in total. The van der Waals surface area contributed by atoms with Crippen LogP contribution in [0.15, 0.2) is 24.3 Å². The van der Waals surface area contributed by atoms with Crippen molar-refractivity contribution in [3.63, 3.8) is 0 Å². The Kier molecular flexibility index (Phi) is 8.22. The zero-order chi connectivity index (χ0) is 14.7. The summed E-state index contributed by atoms with van der Waals surface area (Å²) >= 11 is 0. The molecule has 0 bridgehead atoms. The number of anilines is 1.